The molecule has 2 heterocycles. The molecule has 0 amide bonds. The number of para-hydroxylation sites is 2. The van der Waals surface area contributed by atoms with E-state index < -0.39 is 0 Å². The molecule has 0 unspecified atom stereocenters. The molecule has 3 nitrogen and oxygen atoms in total. The second-order valence-corrected chi connectivity index (χ2v) is 5.32. The molecule has 92 valence electrons. The fourth-order valence-electron chi connectivity index (χ4n) is 2.48. The van der Waals surface area contributed by atoms with Crippen LogP contribution in [-0.4, -0.2) is 14.0 Å². The lowest BCUT2D eigenvalue weighted by molar-refractivity contribution is 1.10. The number of fused-ring (bicyclic) bond motifs is 3. The Labute approximate surface area is 118 Å². The van der Waals surface area contributed by atoms with Gasteiger partial charge in [0.25, 0.3) is 0 Å². The van der Waals surface area contributed by atoms with Crippen molar-refractivity contribution < 1.29 is 0 Å². The van der Waals surface area contributed by atoms with Gasteiger partial charge in [0.05, 0.1) is 16.7 Å². The molecule has 0 radical (unpaired) electrons. The summed E-state index contributed by atoms with van der Waals surface area (Å²) < 4.78 is 5.34. The molecule has 2 aromatic heterocycles. The lowest BCUT2D eigenvalue weighted by Gasteiger charge is -2.05. The van der Waals surface area contributed by atoms with Crippen molar-refractivity contribution in [1.29, 1.82) is 0 Å². The quantitative estimate of drug-likeness (QED) is 0.520. The summed E-state index contributed by atoms with van der Waals surface area (Å²) in [7, 11) is 0. The van der Waals surface area contributed by atoms with Gasteiger partial charge in [-0.15, -0.1) is 0 Å². The third-order valence-corrected chi connectivity index (χ3v) is 3.76. The number of halogens is 1. The van der Waals surface area contributed by atoms with Gasteiger partial charge in [-0.2, -0.15) is 0 Å². The molecule has 0 fully saturated rings. The second kappa shape index (κ2) is 3.96. The molecule has 0 saturated heterocycles. The minimum absolute atomic E-state index is 0.930. The van der Waals surface area contributed by atoms with Crippen LogP contribution in [0.5, 0.6) is 0 Å². The predicted molar refractivity (Wildman–Crippen MR) is 79.7 cm³/mol. The topological polar surface area (TPSA) is 22.2 Å². The predicted octanol–water partition coefficient (Wildman–Crippen LogP) is 4.04. The van der Waals surface area contributed by atoms with Crippen molar-refractivity contribution in [3.05, 3.63) is 65.4 Å². The van der Waals surface area contributed by atoms with Crippen molar-refractivity contribution in [2.45, 2.75) is 0 Å². The van der Waals surface area contributed by atoms with Crippen molar-refractivity contribution >= 4 is 32.7 Å². The minimum atomic E-state index is 0.930. The van der Waals surface area contributed by atoms with Gasteiger partial charge in [0.15, 0.2) is 0 Å². The van der Waals surface area contributed by atoms with Gasteiger partial charge < -0.3 is 0 Å². The molecule has 0 aliphatic carbocycles. The third kappa shape index (κ3) is 1.53. The van der Waals surface area contributed by atoms with Crippen LogP contribution in [0.4, 0.5) is 0 Å². The Morgan fingerprint density at radius 2 is 1.79 bits per heavy atom. The number of benzene rings is 2. The molecule has 4 rings (SSSR count). The second-order valence-electron chi connectivity index (χ2n) is 4.40. The van der Waals surface area contributed by atoms with Crippen LogP contribution in [0.2, 0.25) is 0 Å². The zero-order valence-electron chi connectivity index (χ0n) is 9.99. The van der Waals surface area contributed by atoms with Crippen LogP contribution in [0, 0.1) is 0 Å². The van der Waals surface area contributed by atoms with E-state index in [0.717, 1.165) is 27.0 Å². The third-order valence-electron chi connectivity index (χ3n) is 3.27. The van der Waals surface area contributed by atoms with Gasteiger partial charge in [0.2, 0.25) is 5.78 Å². The lowest BCUT2D eigenvalue weighted by Crippen LogP contribution is -1.94. The Bertz CT molecular complexity index is 889. The number of hydrogen-bond donors (Lipinski definition) is 0. The standard InChI is InChI=1S/C15H10BrN3/c16-11-4-3-5-12(10-11)19-14-7-2-1-6-13(14)18-9-8-17-15(18)19/h1-10H. The van der Waals surface area contributed by atoms with Crippen LogP contribution >= 0.6 is 15.9 Å². The fourth-order valence-corrected chi connectivity index (χ4v) is 2.87. The first-order valence-electron chi connectivity index (χ1n) is 6.03. The first-order valence-corrected chi connectivity index (χ1v) is 6.82. The van der Waals surface area contributed by atoms with Crippen molar-refractivity contribution in [3.63, 3.8) is 0 Å². The van der Waals surface area contributed by atoms with E-state index in [1.54, 1.807) is 0 Å². The van der Waals surface area contributed by atoms with Crippen molar-refractivity contribution in [1.82, 2.24) is 14.0 Å². The molecule has 0 saturated carbocycles. The highest BCUT2D eigenvalue weighted by Crippen LogP contribution is 2.25. The summed E-state index contributed by atoms with van der Waals surface area (Å²) in [5.74, 6) is 0.930. The summed E-state index contributed by atoms with van der Waals surface area (Å²) in [6.45, 7) is 0. The summed E-state index contributed by atoms with van der Waals surface area (Å²) in [5, 5.41) is 0. The lowest BCUT2D eigenvalue weighted by atomic mass is 10.3. The first-order chi connectivity index (χ1) is 9.34. The van der Waals surface area contributed by atoms with Gasteiger partial charge in [-0.3, -0.25) is 8.97 Å². The minimum Gasteiger partial charge on any atom is -0.283 e. The molecule has 4 heteroatoms. The normalized spacial score (nSPS) is 11.4. The summed E-state index contributed by atoms with van der Waals surface area (Å²) in [6.07, 6.45) is 3.82. The maximum absolute atomic E-state index is 4.47. The van der Waals surface area contributed by atoms with E-state index in [9.17, 15) is 0 Å². The molecule has 0 aliphatic heterocycles. The van der Waals surface area contributed by atoms with Crippen LogP contribution < -0.4 is 0 Å². The van der Waals surface area contributed by atoms with Gasteiger partial charge in [0.1, 0.15) is 0 Å². The Hall–Kier alpha value is -2.07. The Morgan fingerprint density at radius 3 is 2.63 bits per heavy atom. The number of nitrogens with zero attached hydrogens (tertiary/aromatic N) is 3. The van der Waals surface area contributed by atoms with Gasteiger partial charge >= 0.3 is 0 Å². The van der Waals surface area contributed by atoms with E-state index in [4.69, 9.17) is 0 Å². The summed E-state index contributed by atoms with van der Waals surface area (Å²) in [4.78, 5) is 4.47. The van der Waals surface area contributed by atoms with Crippen LogP contribution in [0.15, 0.2) is 65.4 Å². The van der Waals surface area contributed by atoms with Gasteiger partial charge in [-0.05, 0) is 30.3 Å². The summed E-state index contributed by atoms with van der Waals surface area (Å²) in [6, 6.07) is 16.6. The van der Waals surface area contributed by atoms with E-state index >= 15 is 0 Å². The first kappa shape index (κ1) is 10.8. The number of hydrogen-bond acceptors (Lipinski definition) is 1. The molecular weight excluding hydrogens is 302 g/mol. The maximum Gasteiger partial charge on any atom is 0.219 e. The molecule has 4 aromatic rings. The number of rotatable bonds is 1. The average molecular weight is 312 g/mol. The zero-order valence-corrected chi connectivity index (χ0v) is 11.6. The van der Waals surface area contributed by atoms with Crippen LogP contribution in [0.1, 0.15) is 0 Å². The molecule has 19 heavy (non-hydrogen) atoms. The van der Waals surface area contributed by atoms with E-state index in [-0.39, 0.29) is 0 Å². The molecule has 0 aliphatic rings. The molecule has 2 aromatic carbocycles. The van der Waals surface area contributed by atoms with Crippen molar-refractivity contribution in [2.75, 3.05) is 0 Å². The fraction of sp³-hybridized carbons (Fsp3) is 0. The van der Waals surface area contributed by atoms with Crippen molar-refractivity contribution in [3.8, 4) is 5.69 Å². The monoisotopic (exact) mass is 311 g/mol. The molecule has 0 spiro atoms. The highest BCUT2D eigenvalue weighted by atomic mass is 79.9. The highest BCUT2D eigenvalue weighted by Gasteiger charge is 2.12. The van der Waals surface area contributed by atoms with Gasteiger partial charge in [0, 0.05) is 16.9 Å². The highest BCUT2D eigenvalue weighted by molar-refractivity contribution is 9.10. The molecule has 0 bridgehead atoms. The maximum atomic E-state index is 4.47. The van der Waals surface area contributed by atoms with Crippen LogP contribution in [-0.2, 0) is 0 Å². The smallest absolute Gasteiger partial charge is 0.219 e. The van der Waals surface area contributed by atoms with E-state index in [0.29, 0.717) is 0 Å². The molecular formula is C15H10BrN3. The van der Waals surface area contributed by atoms with Gasteiger partial charge in [-0.25, -0.2) is 4.98 Å². The Morgan fingerprint density at radius 1 is 0.947 bits per heavy atom. The zero-order chi connectivity index (χ0) is 12.8. The van der Waals surface area contributed by atoms with Crippen LogP contribution in [0.25, 0.3) is 22.5 Å². The largest absolute Gasteiger partial charge is 0.283 e. The number of aromatic nitrogens is 3. The van der Waals surface area contributed by atoms with Crippen molar-refractivity contribution in [2.24, 2.45) is 0 Å². The van der Waals surface area contributed by atoms with E-state index in [1.807, 2.05) is 30.6 Å². The van der Waals surface area contributed by atoms with E-state index in [2.05, 4.69) is 60.2 Å². The average Bonchev–Trinajstić information content (AvgIpc) is 2.98. The summed E-state index contributed by atoms with van der Waals surface area (Å²) >= 11 is 3.53. The summed E-state index contributed by atoms with van der Waals surface area (Å²) in [5.41, 5.74) is 3.42. The Kier molecular flexibility index (Phi) is 2.26. The van der Waals surface area contributed by atoms with E-state index in [1.165, 1.54) is 0 Å². The SMILES string of the molecule is Brc1cccc(-n2c3ccccc3n3ccnc23)c1. The number of imidazole rings is 2. The Balaban J connectivity index is 2.19. The molecule has 0 N–H and O–H groups in total. The van der Waals surface area contributed by atoms with Crippen LogP contribution in [0.3, 0.4) is 0 Å². The van der Waals surface area contributed by atoms with Gasteiger partial charge in [-0.1, -0.05) is 34.1 Å². The molecule has 0 atom stereocenters.